The second-order valence-corrected chi connectivity index (χ2v) is 5.25. The minimum absolute atomic E-state index is 0.137. The van der Waals surface area contributed by atoms with Crippen LogP contribution in [0, 0.1) is 0 Å². The van der Waals surface area contributed by atoms with Crippen molar-refractivity contribution in [3.8, 4) is 5.75 Å². The largest absolute Gasteiger partial charge is 0.491 e. The number of nitrogens with zero attached hydrogens (tertiary/aromatic N) is 3. The van der Waals surface area contributed by atoms with Gasteiger partial charge in [-0.3, -0.25) is 4.90 Å². The first-order valence-corrected chi connectivity index (χ1v) is 7.66. The molecule has 1 aromatic rings. The van der Waals surface area contributed by atoms with Gasteiger partial charge >= 0.3 is 5.97 Å². The van der Waals surface area contributed by atoms with E-state index >= 15 is 0 Å². The maximum Gasteiger partial charge on any atom is 0.360 e. The van der Waals surface area contributed by atoms with Crippen LogP contribution in [0.2, 0.25) is 0 Å². The highest BCUT2D eigenvalue weighted by molar-refractivity contribution is 5.91. The van der Waals surface area contributed by atoms with Crippen molar-refractivity contribution in [2.24, 2.45) is 0 Å². The van der Waals surface area contributed by atoms with Crippen molar-refractivity contribution < 1.29 is 14.3 Å². The van der Waals surface area contributed by atoms with Crippen molar-refractivity contribution in [1.82, 2.24) is 14.9 Å². The third kappa shape index (κ3) is 3.65. The molecule has 0 bridgehead atoms. The molecule has 0 spiro atoms. The molecule has 22 heavy (non-hydrogen) atoms. The van der Waals surface area contributed by atoms with Gasteiger partial charge in [-0.25, -0.2) is 14.8 Å². The van der Waals surface area contributed by atoms with Gasteiger partial charge in [0.2, 0.25) is 0 Å². The standard InChI is InChI=1S/C15H24N4O3/c1-4-19-8-6-5-7-11(19)9-16-14-13(21-2)12(15(20)22-3)17-10-18-14/h10-11H,4-9H2,1-3H3,(H,16,17,18). The quantitative estimate of drug-likeness (QED) is 0.799. The summed E-state index contributed by atoms with van der Waals surface area (Å²) in [6.45, 7) is 5.12. The first kappa shape index (κ1) is 16.5. The van der Waals surface area contributed by atoms with Gasteiger partial charge in [-0.15, -0.1) is 0 Å². The average molecular weight is 308 g/mol. The van der Waals surface area contributed by atoms with Gasteiger partial charge in [-0.2, -0.15) is 0 Å². The number of hydrogen-bond donors (Lipinski definition) is 1. The predicted octanol–water partition coefficient (Wildman–Crippen LogP) is 1.56. The zero-order valence-corrected chi connectivity index (χ0v) is 13.5. The van der Waals surface area contributed by atoms with Crippen LogP contribution in [0.1, 0.15) is 36.7 Å². The molecule has 1 aliphatic heterocycles. The number of likely N-dealkylation sites (tertiary alicyclic amines) is 1. The number of esters is 1. The fraction of sp³-hybridized carbons (Fsp3) is 0.667. The highest BCUT2D eigenvalue weighted by Crippen LogP contribution is 2.26. The van der Waals surface area contributed by atoms with E-state index in [0.29, 0.717) is 17.6 Å². The average Bonchev–Trinajstić information content (AvgIpc) is 2.58. The molecule has 1 aliphatic rings. The number of ether oxygens (including phenoxy) is 2. The van der Waals surface area contributed by atoms with Gasteiger partial charge in [0.05, 0.1) is 14.2 Å². The summed E-state index contributed by atoms with van der Waals surface area (Å²) in [6, 6.07) is 0.472. The molecule has 1 atom stereocenters. The van der Waals surface area contributed by atoms with Crippen LogP contribution in [0.25, 0.3) is 0 Å². The van der Waals surface area contributed by atoms with E-state index in [1.165, 1.54) is 33.4 Å². The highest BCUT2D eigenvalue weighted by Gasteiger charge is 2.23. The summed E-state index contributed by atoms with van der Waals surface area (Å²) in [7, 11) is 2.81. The minimum Gasteiger partial charge on any atom is -0.491 e. The molecule has 1 saturated heterocycles. The predicted molar refractivity (Wildman–Crippen MR) is 83.3 cm³/mol. The second-order valence-electron chi connectivity index (χ2n) is 5.25. The number of methoxy groups -OCH3 is 2. The SMILES string of the molecule is CCN1CCCCC1CNc1ncnc(C(=O)OC)c1OC. The number of hydrogen-bond acceptors (Lipinski definition) is 7. The van der Waals surface area contributed by atoms with Crippen LogP contribution < -0.4 is 10.1 Å². The number of anilines is 1. The van der Waals surface area contributed by atoms with Crippen LogP contribution in [0.5, 0.6) is 5.75 Å². The summed E-state index contributed by atoms with van der Waals surface area (Å²) >= 11 is 0. The number of nitrogens with one attached hydrogen (secondary N) is 1. The highest BCUT2D eigenvalue weighted by atomic mass is 16.5. The Morgan fingerprint density at radius 1 is 1.41 bits per heavy atom. The first-order chi connectivity index (χ1) is 10.7. The molecule has 7 heteroatoms. The van der Waals surface area contributed by atoms with Crippen LogP contribution >= 0.6 is 0 Å². The van der Waals surface area contributed by atoms with Crippen molar-refractivity contribution >= 4 is 11.8 Å². The number of carbonyl (C=O) groups excluding carboxylic acids is 1. The molecule has 7 nitrogen and oxygen atoms in total. The molecular formula is C15H24N4O3. The summed E-state index contributed by atoms with van der Waals surface area (Å²) in [5, 5.41) is 3.29. The Kier molecular flexibility index (Phi) is 5.94. The summed E-state index contributed by atoms with van der Waals surface area (Å²) in [6.07, 6.45) is 5.01. The lowest BCUT2D eigenvalue weighted by Crippen LogP contribution is -2.43. The van der Waals surface area contributed by atoms with Crippen molar-refractivity contribution in [3.63, 3.8) is 0 Å². The lowest BCUT2D eigenvalue weighted by atomic mass is 10.0. The molecule has 1 unspecified atom stereocenters. The fourth-order valence-electron chi connectivity index (χ4n) is 2.86. The maximum absolute atomic E-state index is 11.7. The summed E-state index contributed by atoms with van der Waals surface area (Å²) in [5.41, 5.74) is 0.137. The summed E-state index contributed by atoms with van der Waals surface area (Å²) in [5.74, 6) is 0.322. The van der Waals surface area contributed by atoms with Crippen LogP contribution in [-0.4, -0.2) is 60.7 Å². The third-order valence-corrected chi connectivity index (χ3v) is 4.05. The first-order valence-electron chi connectivity index (χ1n) is 7.66. The molecule has 0 saturated carbocycles. The Hall–Kier alpha value is -1.89. The van der Waals surface area contributed by atoms with Crippen molar-refractivity contribution in [3.05, 3.63) is 12.0 Å². The van der Waals surface area contributed by atoms with E-state index in [1.54, 1.807) is 0 Å². The molecule has 0 amide bonds. The monoisotopic (exact) mass is 308 g/mol. The molecule has 0 radical (unpaired) electrons. The van der Waals surface area contributed by atoms with Gasteiger partial charge in [0.1, 0.15) is 6.33 Å². The summed E-state index contributed by atoms with van der Waals surface area (Å²) in [4.78, 5) is 22.3. The van der Waals surface area contributed by atoms with Gasteiger partial charge in [0.25, 0.3) is 0 Å². The zero-order valence-electron chi connectivity index (χ0n) is 13.5. The Bertz CT molecular complexity index is 510. The molecule has 2 rings (SSSR count). The van der Waals surface area contributed by atoms with Gasteiger partial charge in [0, 0.05) is 12.6 Å². The van der Waals surface area contributed by atoms with Crippen molar-refractivity contribution in [2.75, 3.05) is 39.2 Å². The van der Waals surface area contributed by atoms with Gasteiger partial charge in [-0.05, 0) is 25.9 Å². The molecule has 1 fully saturated rings. The molecule has 1 N–H and O–H groups in total. The molecule has 122 valence electrons. The Morgan fingerprint density at radius 2 is 2.23 bits per heavy atom. The number of likely N-dealkylation sites (N-methyl/N-ethyl adjacent to an activating group) is 1. The van der Waals surface area contributed by atoms with Crippen molar-refractivity contribution in [1.29, 1.82) is 0 Å². The van der Waals surface area contributed by atoms with E-state index in [0.717, 1.165) is 26.1 Å². The Balaban J connectivity index is 2.10. The lowest BCUT2D eigenvalue weighted by Gasteiger charge is -2.35. The summed E-state index contributed by atoms with van der Waals surface area (Å²) < 4.78 is 10.0. The molecule has 0 aliphatic carbocycles. The molecule has 1 aromatic heterocycles. The van der Waals surface area contributed by atoms with E-state index in [1.807, 2.05) is 0 Å². The lowest BCUT2D eigenvalue weighted by molar-refractivity contribution is 0.0590. The van der Waals surface area contributed by atoms with E-state index in [-0.39, 0.29) is 5.69 Å². The fourth-order valence-corrected chi connectivity index (χ4v) is 2.86. The van der Waals surface area contributed by atoms with Gasteiger partial charge < -0.3 is 14.8 Å². The topological polar surface area (TPSA) is 76.6 Å². The molecule has 0 aromatic carbocycles. The number of carbonyl (C=O) groups is 1. The van der Waals surface area contributed by atoms with Crippen LogP contribution in [0.15, 0.2) is 6.33 Å². The maximum atomic E-state index is 11.7. The van der Waals surface area contributed by atoms with Crippen LogP contribution in [0.3, 0.4) is 0 Å². The van der Waals surface area contributed by atoms with E-state index < -0.39 is 5.97 Å². The van der Waals surface area contributed by atoms with Crippen LogP contribution in [-0.2, 0) is 4.74 Å². The van der Waals surface area contributed by atoms with E-state index in [9.17, 15) is 4.79 Å². The number of rotatable bonds is 6. The zero-order chi connectivity index (χ0) is 15.9. The number of piperidine rings is 1. The minimum atomic E-state index is -0.532. The number of aromatic nitrogens is 2. The van der Waals surface area contributed by atoms with Crippen LogP contribution in [0.4, 0.5) is 5.82 Å². The Morgan fingerprint density at radius 3 is 2.91 bits per heavy atom. The normalized spacial score (nSPS) is 18.8. The molecular weight excluding hydrogens is 284 g/mol. The van der Waals surface area contributed by atoms with Crippen molar-refractivity contribution in [2.45, 2.75) is 32.2 Å². The van der Waals surface area contributed by atoms with E-state index in [2.05, 4.69) is 27.1 Å². The van der Waals surface area contributed by atoms with Gasteiger partial charge in [-0.1, -0.05) is 13.3 Å². The smallest absolute Gasteiger partial charge is 0.360 e. The second kappa shape index (κ2) is 7.93. The van der Waals surface area contributed by atoms with E-state index in [4.69, 9.17) is 9.47 Å². The van der Waals surface area contributed by atoms with Gasteiger partial charge in [0.15, 0.2) is 17.3 Å². The molecule has 2 heterocycles. The third-order valence-electron chi connectivity index (χ3n) is 4.05. The Labute approximate surface area is 131 Å².